The summed E-state index contributed by atoms with van der Waals surface area (Å²) in [7, 11) is 0. The lowest BCUT2D eigenvalue weighted by Crippen LogP contribution is -2.46. The Balaban J connectivity index is 1.76. The van der Waals surface area contributed by atoms with Gasteiger partial charge in [0.1, 0.15) is 0 Å². The third kappa shape index (κ3) is 2.92. The van der Waals surface area contributed by atoms with E-state index in [0.29, 0.717) is 5.92 Å². The van der Waals surface area contributed by atoms with E-state index in [9.17, 15) is 0 Å². The van der Waals surface area contributed by atoms with Crippen LogP contribution in [-0.2, 0) is 4.74 Å². The van der Waals surface area contributed by atoms with Crippen molar-refractivity contribution in [1.82, 2.24) is 5.43 Å². The first-order valence-electron chi connectivity index (χ1n) is 7.46. The molecule has 2 atom stereocenters. The minimum absolute atomic E-state index is 0.133. The molecule has 2 fully saturated rings. The third-order valence-corrected chi connectivity index (χ3v) is 6.86. The number of thiophene rings is 1. The molecule has 0 aliphatic carbocycles. The molecule has 3 nitrogen and oxygen atoms in total. The first-order chi connectivity index (χ1) is 9.74. The Labute approximate surface area is 129 Å². The van der Waals surface area contributed by atoms with E-state index in [1.807, 2.05) is 11.3 Å². The molecule has 1 aromatic rings. The van der Waals surface area contributed by atoms with Gasteiger partial charge in [0, 0.05) is 11.5 Å². The smallest absolute Gasteiger partial charge is 0.0701 e. The van der Waals surface area contributed by atoms with Crippen LogP contribution in [0.2, 0.25) is 0 Å². The van der Waals surface area contributed by atoms with Crippen molar-refractivity contribution >= 4 is 23.1 Å². The molecule has 1 aromatic heterocycles. The maximum atomic E-state index is 6.20. The average molecular weight is 313 g/mol. The van der Waals surface area contributed by atoms with E-state index in [2.05, 4.69) is 35.6 Å². The number of nitrogens with two attached hydrogens (primary N) is 1. The Morgan fingerprint density at radius 1 is 1.45 bits per heavy atom. The predicted octanol–water partition coefficient (Wildman–Crippen LogP) is 3.25. The fourth-order valence-corrected chi connectivity index (χ4v) is 5.89. The summed E-state index contributed by atoms with van der Waals surface area (Å²) >= 11 is 3.88. The summed E-state index contributed by atoms with van der Waals surface area (Å²) in [6, 6.07) is 2.47. The number of ether oxygens (including phenoxy) is 1. The van der Waals surface area contributed by atoms with Gasteiger partial charge in [-0.25, -0.2) is 0 Å². The molecule has 3 heterocycles. The number of hydrazine groups is 1. The van der Waals surface area contributed by atoms with E-state index < -0.39 is 0 Å². The Bertz CT molecular complexity index is 437. The molecule has 2 aliphatic heterocycles. The molecule has 1 spiro atoms. The second-order valence-electron chi connectivity index (χ2n) is 6.01. The fourth-order valence-electron chi connectivity index (χ4n) is 3.57. The standard InChI is InChI=1S/C15H24N2OS2/c1-11-3-7-20-14(11)13(17-16)12-2-6-18-15(10-12)4-8-19-9-5-15/h3,7,12-13,17H,2,4-6,8-10,16H2,1H3. The molecule has 0 saturated carbocycles. The zero-order valence-corrected chi connectivity index (χ0v) is 13.7. The van der Waals surface area contributed by atoms with Gasteiger partial charge in [0.25, 0.3) is 0 Å². The highest BCUT2D eigenvalue weighted by atomic mass is 32.2. The summed E-state index contributed by atoms with van der Waals surface area (Å²) in [6.07, 6.45) is 4.67. The van der Waals surface area contributed by atoms with Crippen LogP contribution in [0, 0.1) is 12.8 Å². The SMILES string of the molecule is Cc1ccsc1C(NN)C1CCOC2(CCSCC2)C1. The summed E-state index contributed by atoms with van der Waals surface area (Å²) in [5.41, 5.74) is 4.58. The molecule has 2 unspecified atom stereocenters. The van der Waals surface area contributed by atoms with Gasteiger partial charge in [0.05, 0.1) is 11.6 Å². The monoisotopic (exact) mass is 312 g/mol. The molecule has 0 amide bonds. The number of hydrogen-bond donors (Lipinski definition) is 2. The number of hydrogen-bond acceptors (Lipinski definition) is 5. The van der Waals surface area contributed by atoms with Crippen LogP contribution in [0.3, 0.4) is 0 Å². The second kappa shape index (κ2) is 6.36. The molecule has 2 saturated heterocycles. The molecule has 3 rings (SSSR count). The number of aryl methyl sites for hydroxylation is 1. The van der Waals surface area contributed by atoms with Crippen LogP contribution in [0.1, 0.15) is 42.2 Å². The van der Waals surface area contributed by atoms with E-state index in [0.717, 1.165) is 19.4 Å². The van der Waals surface area contributed by atoms with E-state index in [1.54, 1.807) is 0 Å². The van der Waals surface area contributed by atoms with Crippen molar-refractivity contribution in [3.8, 4) is 0 Å². The van der Waals surface area contributed by atoms with Crippen molar-refractivity contribution in [2.45, 2.75) is 44.2 Å². The molecule has 0 bridgehead atoms. The highest BCUT2D eigenvalue weighted by Crippen LogP contribution is 2.44. The fraction of sp³-hybridized carbons (Fsp3) is 0.733. The average Bonchev–Trinajstić information content (AvgIpc) is 2.87. The lowest BCUT2D eigenvalue weighted by molar-refractivity contribution is -0.107. The summed E-state index contributed by atoms with van der Waals surface area (Å²) in [6.45, 7) is 3.07. The van der Waals surface area contributed by atoms with Gasteiger partial charge in [-0.3, -0.25) is 11.3 Å². The van der Waals surface area contributed by atoms with Crippen molar-refractivity contribution in [1.29, 1.82) is 0 Å². The second-order valence-corrected chi connectivity index (χ2v) is 8.18. The Morgan fingerprint density at radius 2 is 2.25 bits per heavy atom. The summed E-state index contributed by atoms with van der Waals surface area (Å²) in [5, 5.41) is 2.17. The van der Waals surface area contributed by atoms with Crippen LogP contribution >= 0.6 is 23.1 Å². The Morgan fingerprint density at radius 3 is 2.90 bits per heavy atom. The normalized spacial score (nSPS) is 27.6. The van der Waals surface area contributed by atoms with Gasteiger partial charge in [-0.05, 0) is 67.0 Å². The molecule has 112 valence electrons. The quantitative estimate of drug-likeness (QED) is 0.664. The highest BCUT2D eigenvalue weighted by molar-refractivity contribution is 7.99. The maximum Gasteiger partial charge on any atom is 0.0701 e. The largest absolute Gasteiger partial charge is 0.375 e. The van der Waals surface area contributed by atoms with Crippen molar-refractivity contribution in [3.63, 3.8) is 0 Å². The van der Waals surface area contributed by atoms with Crippen molar-refractivity contribution in [2.24, 2.45) is 11.8 Å². The molecule has 0 aromatic carbocycles. The Kier molecular flexibility index (Phi) is 4.72. The van der Waals surface area contributed by atoms with Gasteiger partial charge in [-0.15, -0.1) is 11.3 Å². The van der Waals surface area contributed by atoms with E-state index in [4.69, 9.17) is 10.6 Å². The van der Waals surface area contributed by atoms with Crippen LogP contribution in [0.5, 0.6) is 0 Å². The van der Waals surface area contributed by atoms with Crippen molar-refractivity contribution < 1.29 is 4.74 Å². The van der Waals surface area contributed by atoms with Crippen LogP contribution in [0.15, 0.2) is 11.4 Å². The Hall–Kier alpha value is -0.0700. The van der Waals surface area contributed by atoms with Gasteiger partial charge >= 0.3 is 0 Å². The molecule has 2 aliphatic rings. The van der Waals surface area contributed by atoms with Crippen LogP contribution in [-0.4, -0.2) is 23.7 Å². The van der Waals surface area contributed by atoms with Crippen LogP contribution < -0.4 is 11.3 Å². The first kappa shape index (κ1) is 14.9. The minimum Gasteiger partial charge on any atom is -0.375 e. The number of nitrogens with one attached hydrogen (secondary N) is 1. The van der Waals surface area contributed by atoms with Gasteiger partial charge in [0.15, 0.2) is 0 Å². The van der Waals surface area contributed by atoms with E-state index in [-0.39, 0.29) is 11.6 Å². The zero-order chi connectivity index (χ0) is 14.0. The van der Waals surface area contributed by atoms with Crippen LogP contribution in [0.25, 0.3) is 0 Å². The third-order valence-electron chi connectivity index (χ3n) is 4.77. The maximum absolute atomic E-state index is 6.20. The van der Waals surface area contributed by atoms with Gasteiger partial charge in [-0.2, -0.15) is 11.8 Å². The zero-order valence-electron chi connectivity index (χ0n) is 12.1. The van der Waals surface area contributed by atoms with E-state index in [1.165, 1.54) is 34.8 Å². The molecular weight excluding hydrogens is 288 g/mol. The van der Waals surface area contributed by atoms with Gasteiger partial charge in [-0.1, -0.05) is 0 Å². The lowest BCUT2D eigenvalue weighted by atomic mass is 9.78. The molecule has 3 N–H and O–H groups in total. The molecule has 20 heavy (non-hydrogen) atoms. The molecule has 5 heteroatoms. The molecular formula is C15H24N2OS2. The minimum atomic E-state index is 0.133. The topological polar surface area (TPSA) is 47.3 Å². The van der Waals surface area contributed by atoms with Crippen molar-refractivity contribution in [2.75, 3.05) is 18.1 Å². The van der Waals surface area contributed by atoms with Gasteiger partial charge < -0.3 is 4.74 Å². The predicted molar refractivity (Wildman–Crippen MR) is 87.1 cm³/mol. The molecule has 0 radical (unpaired) electrons. The van der Waals surface area contributed by atoms with Crippen LogP contribution in [0.4, 0.5) is 0 Å². The van der Waals surface area contributed by atoms with Gasteiger partial charge in [0.2, 0.25) is 0 Å². The lowest BCUT2D eigenvalue weighted by Gasteiger charge is -2.45. The summed E-state index contributed by atoms with van der Waals surface area (Å²) in [5.74, 6) is 8.97. The van der Waals surface area contributed by atoms with E-state index >= 15 is 0 Å². The number of thioether (sulfide) groups is 1. The first-order valence-corrected chi connectivity index (χ1v) is 9.49. The summed E-state index contributed by atoms with van der Waals surface area (Å²) < 4.78 is 6.20. The number of rotatable bonds is 3. The summed E-state index contributed by atoms with van der Waals surface area (Å²) in [4.78, 5) is 1.40. The highest BCUT2D eigenvalue weighted by Gasteiger charge is 2.41. The van der Waals surface area contributed by atoms with Crippen molar-refractivity contribution in [3.05, 3.63) is 21.9 Å².